The van der Waals surface area contributed by atoms with Crippen molar-refractivity contribution in [2.75, 3.05) is 11.9 Å². The summed E-state index contributed by atoms with van der Waals surface area (Å²) in [4.78, 5) is 24.5. The summed E-state index contributed by atoms with van der Waals surface area (Å²) in [6, 6.07) is 9.83. The van der Waals surface area contributed by atoms with Crippen LogP contribution in [0.2, 0.25) is 0 Å². The third-order valence-electron chi connectivity index (χ3n) is 3.44. The molecule has 122 valence electrons. The second-order valence-corrected chi connectivity index (χ2v) is 6.29. The Morgan fingerprint density at radius 1 is 1.13 bits per heavy atom. The molecule has 1 N–H and O–H groups in total. The van der Waals surface area contributed by atoms with Gasteiger partial charge in [0, 0.05) is 0 Å². The first-order chi connectivity index (χ1) is 11.0. The molecule has 0 saturated heterocycles. The predicted molar refractivity (Wildman–Crippen MR) is 93.2 cm³/mol. The summed E-state index contributed by atoms with van der Waals surface area (Å²) in [5, 5.41) is 3.52. The van der Waals surface area contributed by atoms with E-state index < -0.39 is 0 Å². The molecule has 0 fully saturated rings. The number of hydrogen-bond acceptors (Lipinski definition) is 4. The Hall–Kier alpha value is -2.14. The molecule has 0 aliphatic carbocycles. The highest BCUT2D eigenvalue weighted by Crippen LogP contribution is 2.27. The molecule has 0 unspecified atom stereocenters. The van der Waals surface area contributed by atoms with Crippen LogP contribution in [0.1, 0.15) is 40.2 Å². The number of amides is 1. The molecule has 4 nitrogen and oxygen atoms in total. The number of carbonyl (C=O) groups excluding carboxylic acids is 2. The number of rotatable bonds is 6. The number of esters is 1. The average molecular weight is 331 g/mol. The molecule has 1 aromatic heterocycles. The zero-order valence-electron chi connectivity index (χ0n) is 13.6. The Bertz CT molecular complexity index is 689. The van der Waals surface area contributed by atoms with Crippen LogP contribution in [0.25, 0.3) is 0 Å². The molecule has 2 rings (SSSR count). The lowest BCUT2D eigenvalue weighted by atomic mass is 10.1. The number of carbonyl (C=O) groups is 2. The summed E-state index contributed by atoms with van der Waals surface area (Å²) in [7, 11) is 0. The average Bonchev–Trinajstić information content (AvgIpc) is 2.88. The molecule has 0 bridgehead atoms. The molecule has 1 heterocycles. The van der Waals surface area contributed by atoms with Crippen molar-refractivity contribution in [3.05, 3.63) is 51.9 Å². The fraction of sp³-hybridized carbons (Fsp3) is 0.333. The summed E-state index contributed by atoms with van der Waals surface area (Å²) < 4.78 is 5.00. The molecule has 23 heavy (non-hydrogen) atoms. The van der Waals surface area contributed by atoms with Gasteiger partial charge in [-0.2, -0.15) is 0 Å². The summed E-state index contributed by atoms with van der Waals surface area (Å²) >= 11 is 1.25. The quantitative estimate of drug-likeness (QED) is 0.815. The summed E-state index contributed by atoms with van der Waals surface area (Å²) in [5.74, 6) is -0.434. The van der Waals surface area contributed by atoms with Crippen LogP contribution >= 0.6 is 11.3 Å². The van der Waals surface area contributed by atoms with Gasteiger partial charge in [0.25, 0.3) is 0 Å². The van der Waals surface area contributed by atoms with Crippen LogP contribution in [0, 0.1) is 6.92 Å². The molecular weight excluding hydrogens is 310 g/mol. The van der Waals surface area contributed by atoms with Crippen molar-refractivity contribution >= 4 is 28.2 Å². The fourth-order valence-electron chi connectivity index (χ4n) is 2.20. The van der Waals surface area contributed by atoms with Gasteiger partial charge in [-0.1, -0.05) is 31.2 Å². The molecule has 0 radical (unpaired) electrons. The third-order valence-corrected chi connectivity index (χ3v) is 4.57. The Balaban J connectivity index is 1.99. The van der Waals surface area contributed by atoms with E-state index in [1.54, 1.807) is 13.0 Å². The van der Waals surface area contributed by atoms with Crippen molar-refractivity contribution in [3.8, 4) is 0 Å². The Morgan fingerprint density at radius 2 is 1.78 bits per heavy atom. The third kappa shape index (κ3) is 4.66. The van der Waals surface area contributed by atoms with Gasteiger partial charge in [-0.05, 0) is 43.0 Å². The van der Waals surface area contributed by atoms with Gasteiger partial charge in [0.05, 0.1) is 18.0 Å². The maximum atomic E-state index is 12.1. The van der Waals surface area contributed by atoms with Crippen molar-refractivity contribution in [2.45, 2.75) is 33.6 Å². The molecule has 0 aliphatic heterocycles. The Labute approximate surface area is 140 Å². The maximum Gasteiger partial charge on any atom is 0.348 e. The molecule has 0 spiro atoms. The second-order valence-electron chi connectivity index (χ2n) is 5.24. The number of hydrogen-bond donors (Lipinski definition) is 1. The molecule has 1 aromatic carbocycles. The Kier molecular flexibility index (Phi) is 5.93. The highest BCUT2D eigenvalue weighted by atomic mass is 32.1. The van der Waals surface area contributed by atoms with Gasteiger partial charge in [0.1, 0.15) is 4.88 Å². The molecular formula is C18H21NO3S. The molecule has 2 aromatic rings. The minimum absolute atomic E-state index is 0.0918. The molecule has 1 amide bonds. The zero-order valence-corrected chi connectivity index (χ0v) is 14.5. The largest absolute Gasteiger partial charge is 0.462 e. The maximum absolute atomic E-state index is 12.1. The summed E-state index contributed by atoms with van der Waals surface area (Å²) in [6.07, 6.45) is 1.30. The first-order valence-corrected chi connectivity index (χ1v) is 8.50. The molecule has 5 heteroatoms. The second kappa shape index (κ2) is 7.92. The van der Waals surface area contributed by atoms with E-state index in [1.807, 2.05) is 31.2 Å². The molecule has 0 saturated carbocycles. The van der Waals surface area contributed by atoms with Gasteiger partial charge in [0.15, 0.2) is 0 Å². The standard InChI is InChI=1S/C18H21NO3S/c1-4-13-6-8-14(9-7-13)11-15(20)19-16-10-12(3)17(23-16)18(21)22-5-2/h6-10H,4-5,11H2,1-3H3,(H,19,20). The van der Waals surface area contributed by atoms with Crippen LogP contribution < -0.4 is 5.32 Å². The van der Waals surface area contributed by atoms with Crippen LogP contribution in [0.15, 0.2) is 30.3 Å². The van der Waals surface area contributed by atoms with Gasteiger partial charge in [-0.15, -0.1) is 11.3 Å². The number of ether oxygens (including phenoxy) is 1. The van der Waals surface area contributed by atoms with E-state index in [4.69, 9.17) is 4.74 Å². The SMILES string of the molecule is CCOC(=O)c1sc(NC(=O)Cc2ccc(CC)cc2)cc1C. The minimum Gasteiger partial charge on any atom is -0.462 e. The monoisotopic (exact) mass is 331 g/mol. The van der Waals surface area contributed by atoms with Gasteiger partial charge < -0.3 is 10.1 Å². The smallest absolute Gasteiger partial charge is 0.348 e. The van der Waals surface area contributed by atoms with Crippen molar-refractivity contribution in [1.29, 1.82) is 0 Å². The molecule has 0 atom stereocenters. The van der Waals surface area contributed by atoms with Crippen LogP contribution in [-0.2, 0) is 22.4 Å². The van der Waals surface area contributed by atoms with Crippen molar-refractivity contribution in [1.82, 2.24) is 0 Å². The number of benzene rings is 1. The van der Waals surface area contributed by atoms with Gasteiger partial charge >= 0.3 is 5.97 Å². The molecule has 0 aliphatic rings. The van der Waals surface area contributed by atoms with E-state index in [2.05, 4.69) is 12.2 Å². The summed E-state index contributed by atoms with van der Waals surface area (Å²) in [5.41, 5.74) is 3.04. The predicted octanol–water partition coefficient (Wildman–Crippen LogP) is 3.98. The van der Waals surface area contributed by atoms with E-state index in [1.165, 1.54) is 16.9 Å². The number of thiophene rings is 1. The van der Waals surface area contributed by atoms with Gasteiger partial charge in [-0.25, -0.2) is 4.79 Å². The topological polar surface area (TPSA) is 55.4 Å². The first-order valence-electron chi connectivity index (χ1n) is 7.68. The lowest BCUT2D eigenvalue weighted by Crippen LogP contribution is -2.13. The number of aryl methyl sites for hydroxylation is 2. The lowest BCUT2D eigenvalue weighted by Gasteiger charge is -2.04. The Morgan fingerprint density at radius 3 is 2.39 bits per heavy atom. The van der Waals surface area contributed by atoms with E-state index in [0.29, 0.717) is 22.9 Å². The van der Waals surface area contributed by atoms with Crippen LogP contribution in [0.3, 0.4) is 0 Å². The van der Waals surface area contributed by atoms with Crippen LogP contribution in [0.4, 0.5) is 5.00 Å². The van der Waals surface area contributed by atoms with Crippen molar-refractivity contribution < 1.29 is 14.3 Å². The highest BCUT2D eigenvalue weighted by Gasteiger charge is 2.15. The van der Waals surface area contributed by atoms with Crippen molar-refractivity contribution in [2.24, 2.45) is 0 Å². The highest BCUT2D eigenvalue weighted by molar-refractivity contribution is 7.18. The zero-order chi connectivity index (χ0) is 16.8. The fourth-order valence-corrected chi connectivity index (χ4v) is 3.19. The van der Waals surface area contributed by atoms with E-state index >= 15 is 0 Å². The van der Waals surface area contributed by atoms with E-state index in [0.717, 1.165) is 17.5 Å². The van der Waals surface area contributed by atoms with Crippen LogP contribution in [-0.4, -0.2) is 18.5 Å². The van der Waals surface area contributed by atoms with Crippen LogP contribution in [0.5, 0.6) is 0 Å². The number of nitrogens with one attached hydrogen (secondary N) is 1. The normalized spacial score (nSPS) is 10.4. The van der Waals surface area contributed by atoms with E-state index in [-0.39, 0.29) is 11.9 Å². The summed E-state index contributed by atoms with van der Waals surface area (Å²) in [6.45, 7) is 6.04. The lowest BCUT2D eigenvalue weighted by molar-refractivity contribution is -0.115. The van der Waals surface area contributed by atoms with Gasteiger partial charge in [-0.3, -0.25) is 4.79 Å². The first kappa shape index (κ1) is 17.2. The van der Waals surface area contributed by atoms with E-state index in [9.17, 15) is 9.59 Å². The van der Waals surface area contributed by atoms with Crippen molar-refractivity contribution in [3.63, 3.8) is 0 Å². The minimum atomic E-state index is -0.342. The number of anilines is 1. The van der Waals surface area contributed by atoms with Gasteiger partial charge in [0.2, 0.25) is 5.91 Å².